The van der Waals surface area contributed by atoms with Crippen molar-refractivity contribution in [3.8, 4) is 0 Å². The third-order valence-corrected chi connectivity index (χ3v) is 1.38. The van der Waals surface area contributed by atoms with Crippen LogP contribution in [0.25, 0.3) is 0 Å². The van der Waals surface area contributed by atoms with Crippen LogP contribution in [0, 0.1) is 6.92 Å². The van der Waals surface area contributed by atoms with Gasteiger partial charge in [0.25, 0.3) is 0 Å². The molecule has 0 aliphatic rings. The average molecular weight is 162 g/mol. The third kappa shape index (κ3) is 2.54. The van der Waals surface area contributed by atoms with Crippen molar-refractivity contribution in [2.75, 3.05) is 0 Å². The number of carbonyl (C=O) groups is 1. The molecule has 0 heterocycles. The topological polar surface area (TPSA) is 41.5 Å². The molecule has 0 saturated carbocycles. The van der Waals surface area contributed by atoms with E-state index in [1.807, 2.05) is 31.2 Å². The molecule has 0 spiro atoms. The maximum Gasteiger partial charge on any atom is 0.227 e. The molecule has 0 aliphatic carbocycles. The van der Waals surface area contributed by atoms with Crippen LogP contribution in [-0.4, -0.2) is 12.6 Å². The van der Waals surface area contributed by atoms with Crippen LogP contribution in [-0.2, 0) is 4.79 Å². The predicted octanol–water partition coefficient (Wildman–Crippen LogP) is 1.07. The molecule has 1 rings (SSSR count). The van der Waals surface area contributed by atoms with Gasteiger partial charge < -0.3 is 0 Å². The summed E-state index contributed by atoms with van der Waals surface area (Å²) >= 11 is 0. The minimum atomic E-state index is 0.534. The summed E-state index contributed by atoms with van der Waals surface area (Å²) in [5.74, 6) is 0. The van der Waals surface area contributed by atoms with E-state index < -0.39 is 0 Å². The molecule has 12 heavy (non-hydrogen) atoms. The molecule has 0 atom stereocenters. The number of nitrogens with zero attached hydrogens (tertiary/aromatic N) is 1. The van der Waals surface area contributed by atoms with Crippen molar-refractivity contribution in [2.24, 2.45) is 5.10 Å². The summed E-state index contributed by atoms with van der Waals surface area (Å²) in [6.45, 7) is 2.00. The Morgan fingerprint density at radius 1 is 1.50 bits per heavy atom. The van der Waals surface area contributed by atoms with Crippen molar-refractivity contribution < 1.29 is 4.79 Å². The summed E-state index contributed by atoms with van der Waals surface area (Å²) in [5, 5.41) is 3.66. The summed E-state index contributed by atoms with van der Waals surface area (Å²) in [5.41, 5.74) is 4.35. The number of amides is 1. The maximum absolute atomic E-state index is 9.84. The van der Waals surface area contributed by atoms with Gasteiger partial charge in [-0.3, -0.25) is 4.79 Å². The second kappa shape index (κ2) is 4.28. The number of hydrogen-bond donors (Lipinski definition) is 1. The molecule has 0 unspecified atom stereocenters. The molecule has 0 radical (unpaired) electrons. The Bertz CT molecular complexity index is 294. The Morgan fingerprint density at radius 2 is 2.33 bits per heavy atom. The van der Waals surface area contributed by atoms with E-state index in [4.69, 9.17) is 0 Å². The van der Waals surface area contributed by atoms with Gasteiger partial charge in [0.05, 0.1) is 6.21 Å². The van der Waals surface area contributed by atoms with E-state index >= 15 is 0 Å². The van der Waals surface area contributed by atoms with E-state index in [0.717, 1.165) is 5.56 Å². The van der Waals surface area contributed by atoms with Crippen LogP contribution >= 0.6 is 0 Å². The van der Waals surface area contributed by atoms with Crippen LogP contribution < -0.4 is 5.43 Å². The van der Waals surface area contributed by atoms with Crippen molar-refractivity contribution >= 4 is 12.6 Å². The molecular weight excluding hydrogens is 152 g/mol. The fraction of sp³-hybridized carbons (Fsp3) is 0.111. The van der Waals surface area contributed by atoms with Gasteiger partial charge in [-0.05, 0) is 12.5 Å². The summed E-state index contributed by atoms with van der Waals surface area (Å²) in [7, 11) is 0. The fourth-order valence-corrected chi connectivity index (χ4v) is 0.893. The predicted molar refractivity (Wildman–Crippen MR) is 48.0 cm³/mol. The van der Waals surface area contributed by atoms with E-state index in [1.54, 1.807) is 6.21 Å². The molecular formula is C9H10N2O. The minimum Gasteiger partial charge on any atom is -0.277 e. The molecule has 1 aromatic rings. The summed E-state index contributed by atoms with van der Waals surface area (Å²) < 4.78 is 0. The van der Waals surface area contributed by atoms with E-state index in [2.05, 4.69) is 10.5 Å². The smallest absolute Gasteiger partial charge is 0.227 e. The standard InChI is InChI=1S/C9H10N2O/c1-8-3-2-4-9(5-8)6-10-11-7-12/h2-7H,1H3,(H,11,12)/b10-6+. The highest BCUT2D eigenvalue weighted by atomic mass is 16.1. The molecule has 1 aromatic carbocycles. The van der Waals surface area contributed by atoms with Gasteiger partial charge in [-0.15, -0.1) is 0 Å². The van der Waals surface area contributed by atoms with Gasteiger partial charge in [-0.1, -0.05) is 29.8 Å². The summed E-state index contributed by atoms with van der Waals surface area (Å²) in [6, 6.07) is 7.85. The summed E-state index contributed by atoms with van der Waals surface area (Å²) in [6.07, 6.45) is 2.13. The zero-order valence-electron chi connectivity index (χ0n) is 6.82. The largest absolute Gasteiger partial charge is 0.277 e. The third-order valence-electron chi connectivity index (χ3n) is 1.38. The number of aryl methyl sites for hydroxylation is 1. The molecule has 0 aliphatic heterocycles. The zero-order valence-corrected chi connectivity index (χ0v) is 6.82. The number of nitrogens with one attached hydrogen (secondary N) is 1. The van der Waals surface area contributed by atoms with Crippen molar-refractivity contribution in [3.05, 3.63) is 35.4 Å². The van der Waals surface area contributed by atoms with Gasteiger partial charge in [-0.2, -0.15) is 5.10 Å². The molecule has 3 nitrogen and oxygen atoms in total. The Morgan fingerprint density at radius 3 is 3.00 bits per heavy atom. The first-order chi connectivity index (χ1) is 5.83. The van der Waals surface area contributed by atoms with Gasteiger partial charge >= 0.3 is 0 Å². The van der Waals surface area contributed by atoms with Crippen LogP contribution in [0.1, 0.15) is 11.1 Å². The van der Waals surface area contributed by atoms with Crippen LogP contribution in [0.2, 0.25) is 0 Å². The van der Waals surface area contributed by atoms with Crippen molar-refractivity contribution in [3.63, 3.8) is 0 Å². The maximum atomic E-state index is 9.84. The minimum absolute atomic E-state index is 0.534. The first-order valence-electron chi connectivity index (χ1n) is 3.62. The van der Waals surface area contributed by atoms with Gasteiger partial charge in [0.1, 0.15) is 0 Å². The molecule has 1 amide bonds. The number of carbonyl (C=O) groups excluding carboxylic acids is 1. The lowest BCUT2D eigenvalue weighted by Gasteiger charge is -1.93. The highest BCUT2D eigenvalue weighted by Gasteiger charge is 1.86. The molecule has 62 valence electrons. The average Bonchev–Trinajstić information content (AvgIpc) is 2.05. The highest BCUT2D eigenvalue weighted by Crippen LogP contribution is 2.00. The number of rotatable bonds is 3. The molecule has 0 fully saturated rings. The highest BCUT2D eigenvalue weighted by molar-refractivity contribution is 5.80. The van der Waals surface area contributed by atoms with Crippen LogP contribution in [0.4, 0.5) is 0 Å². The second-order valence-electron chi connectivity index (χ2n) is 2.42. The first kappa shape index (κ1) is 8.46. The van der Waals surface area contributed by atoms with Crippen molar-refractivity contribution in [2.45, 2.75) is 6.92 Å². The van der Waals surface area contributed by atoms with Crippen LogP contribution in [0.5, 0.6) is 0 Å². The molecule has 0 bridgehead atoms. The summed E-state index contributed by atoms with van der Waals surface area (Å²) in [4.78, 5) is 9.84. The Kier molecular flexibility index (Phi) is 3.02. The Hall–Kier alpha value is -1.64. The van der Waals surface area contributed by atoms with Crippen molar-refractivity contribution in [1.29, 1.82) is 0 Å². The van der Waals surface area contributed by atoms with Gasteiger partial charge in [0.15, 0.2) is 0 Å². The van der Waals surface area contributed by atoms with Gasteiger partial charge in [0.2, 0.25) is 6.41 Å². The van der Waals surface area contributed by atoms with E-state index in [-0.39, 0.29) is 0 Å². The quantitative estimate of drug-likeness (QED) is 0.403. The van der Waals surface area contributed by atoms with E-state index in [1.165, 1.54) is 5.56 Å². The zero-order chi connectivity index (χ0) is 8.81. The number of hydrogen-bond acceptors (Lipinski definition) is 2. The van der Waals surface area contributed by atoms with E-state index in [9.17, 15) is 4.79 Å². The monoisotopic (exact) mass is 162 g/mol. The SMILES string of the molecule is Cc1cccc(/C=N/NC=O)c1. The van der Waals surface area contributed by atoms with Crippen LogP contribution in [0.15, 0.2) is 29.4 Å². The first-order valence-corrected chi connectivity index (χ1v) is 3.62. The van der Waals surface area contributed by atoms with Gasteiger partial charge in [-0.25, -0.2) is 5.43 Å². The molecule has 0 aromatic heterocycles. The van der Waals surface area contributed by atoms with E-state index in [0.29, 0.717) is 6.41 Å². The molecule has 3 heteroatoms. The normalized spacial score (nSPS) is 10.1. The number of hydrazone groups is 1. The Labute approximate surface area is 71.1 Å². The van der Waals surface area contributed by atoms with Crippen molar-refractivity contribution in [1.82, 2.24) is 5.43 Å². The lowest BCUT2D eigenvalue weighted by molar-refractivity contribution is -0.109. The van der Waals surface area contributed by atoms with Gasteiger partial charge in [0, 0.05) is 0 Å². The lowest BCUT2D eigenvalue weighted by Crippen LogP contribution is -2.00. The lowest BCUT2D eigenvalue weighted by atomic mass is 10.2. The Balaban J connectivity index is 2.69. The molecule has 0 saturated heterocycles. The fourth-order valence-electron chi connectivity index (χ4n) is 0.893. The van der Waals surface area contributed by atoms with Crippen LogP contribution in [0.3, 0.4) is 0 Å². The molecule has 1 N–H and O–H groups in total. The second-order valence-corrected chi connectivity index (χ2v) is 2.42. The number of benzene rings is 1.